The molecule has 0 spiro atoms. The summed E-state index contributed by atoms with van der Waals surface area (Å²) in [5.74, 6) is -0.0662. The number of carbonyl (C=O) groups is 1. The molecule has 1 aliphatic rings. The SMILES string of the molecule is Cn1cccc1[C@@H]1COCCN1C(=O)c1cc(-c2cccs2)[nH]n1. The number of morpholine rings is 1. The van der Waals surface area contributed by atoms with Crippen molar-refractivity contribution in [1.82, 2.24) is 19.7 Å². The molecule has 1 atom stereocenters. The summed E-state index contributed by atoms with van der Waals surface area (Å²) in [6, 6.07) is 9.74. The fourth-order valence-electron chi connectivity index (χ4n) is 3.05. The van der Waals surface area contributed by atoms with Crippen molar-refractivity contribution >= 4 is 17.2 Å². The van der Waals surface area contributed by atoms with Crippen molar-refractivity contribution in [3.63, 3.8) is 0 Å². The zero-order valence-electron chi connectivity index (χ0n) is 13.3. The predicted molar refractivity (Wildman–Crippen MR) is 91.9 cm³/mol. The van der Waals surface area contributed by atoms with E-state index >= 15 is 0 Å². The van der Waals surface area contributed by atoms with Crippen molar-refractivity contribution in [2.45, 2.75) is 6.04 Å². The third kappa shape index (κ3) is 2.65. The van der Waals surface area contributed by atoms with Crippen molar-refractivity contribution in [3.8, 4) is 10.6 Å². The second kappa shape index (κ2) is 6.26. The van der Waals surface area contributed by atoms with Gasteiger partial charge in [-0.25, -0.2) is 0 Å². The molecule has 1 amide bonds. The molecule has 3 aromatic rings. The van der Waals surface area contributed by atoms with Crippen LogP contribution < -0.4 is 0 Å². The number of nitrogens with one attached hydrogen (secondary N) is 1. The maximum atomic E-state index is 13.0. The van der Waals surface area contributed by atoms with E-state index in [0.29, 0.717) is 25.5 Å². The van der Waals surface area contributed by atoms with Crippen molar-refractivity contribution in [2.75, 3.05) is 19.8 Å². The summed E-state index contributed by atoms with van der Waals surface area (Å²) >= 11 is 1.62. The van der Waals surface area contributed by atoms with Crippen LogP contribution in [0.2, 0.25) is 0 Å². The quantitative estimate of drug-likeness (QED) is 0.796. The minimum atomic E-state index is -0.0897. The standard InChI is InChI=1S/C17H18N4O2S/c1-20-6-2-4-14(20)15-11-23-8-7-21(15)17(22)13-10-12(18-19-13)16-5-3-9-24-16/h2-6,9-10,15H,7-8,11H2,1H3,(H,18,19)/t15-/m0/s1. The number of rotatable bonds is 3. The van der Waals surface area contributed by atoms with Crippen LogP contribution in [0.4, 0.5) is 0 Å². The third-order valence-corrected chi connectivity index (χ3v) is 5.20. The maximum absolute atomic E-state index is 13.0. The Hall–Kier alpha value is -2.38. The summed E-state index contributed by atoms with van der Waals surface area (Å²) in [7, 11) is 1.98. The van der Waals surface area contributed by atoms with Crippen LogP contribution in [0.3, 0.4) is 0 Å². The molecule has 6 nitrogen and oxygen atoms in total. The highest BCUT2D eigenvalue weighted by atomic mass is 32.1. The monoisotopic (exact) mass is 342 g/mol. The number of aryl methyl sites for hydroxylation is 1. The highest BCUT2D eigenvalue weighted by molar-refractivity contribution is 7.13. The van der Waals surface area contributed by atoms with Gasteiger partial charge in [0.2, 0.25) is 0 Å². The highest BCUT2D eigenvalue weighted by Crippen LogP contribution is 2.27. The first-order valence-electron chi connectivity index (χ1n) is 7.83. The molecule has 0 aromatic carbocycles. The fraction of sp³-hybridized carbons (Fsp3) is 0.294. The molecule has 0 bridgehead atoms. The zero-order valence-corrected chi connectivity index (χ0v) is 14.1. The van der Waals surface area contributed by atoms with Gasteiger partial charge in [-0.15, -0.1) is 11.3 Å². The number of thiophene rings is 1. The van der Waals surface area contributed by atoms with Gasteiger partial charge in [0.05, 0.1) is 29.8 Å². The Morgan fingerprint density at radius 1 is 1.42 bits per heavy atom. The van der Waals surface area contributed by atoms with E-state index in [1.54, 1.807) is 11.3 Å². The lowest BCUT2D eigenvalue weighted by Gasteiger charge is -2.35. The molecular weight excluding hydrogens is 324 g/mol. The Kier molecular flexibility index (Phi) is 3.95. The van der Waals surface area contributed by atoms with Crippen LogP contribution in [0.15, 0.2) is 41.9 Å². The van der Waals surface area contributed by atoms with Crippen molar-refractivity contribution in [3.05, 3.63) is 53.3 Å². The van der Waals surface area contributed by atoms with Gasteiger partial charge in [0.15, 0.2) is 5.69 Å². The number of hydrogen-bond donors (Lipinski definition) is 1. The molecule has 7 heteroatoms. The van der Waals surface area contributed by atoms with E-state index in [4.69, 9.17) is 4.74 Å². The number of H-pyrrole nitrogens is 1. The summed E-state index contributed by atoms with van der Waals surface area (Å²) < 4.78 is 7.64. The van der Waals surface area contributed by atoms with Crippen LogP contribution >= 0.6 is 11.3 Å². The van der Waals surface area contributed by atoms with Gasteiger partial charge >= 0.3 is 0 Å². The first-order chi connectivity index (χ1) is 11.7. The molecule has 0 aliphatic carbocycles. The Labute approximate surface area is 143 Å². The summed E-state index contributed by atoms with van der Waals surface area (Å²) in [5.41, 5.74) is 2.38. The number of nitrogens with zero attached hydrogens (tertiary/aromatic N) is 3. The molecular formula is C17H18N4O2S. The summed E-state index contributed by atoms with van der Waals surface area (Å²) in [4.78, 5) is 15.9. The first kappa shape index (κ1) is 15.2. The number of ether oxygens (including phenoxy) is 1. The van der Waals surface area contributed by atoms with E-state index in [-0.39, 0.29) is 11.9 Å². The van der Waals surface area contributed by atoms with Crippen LogP contribution in [0, 0.1) is 0 Å². The van der Waals surface area contributed by atoms with Crippen molar-refractivity contribution in [2.24, 2.45) is 7.05 Å². The van der Waals surface area contributed by atoms with E-state index in [2.05, 4.69) is 10.2 Å². The van der Waals surface area contributed by atoms with Crippen molar-refractivity contribution in [1.29, 1.82) is 0 Å². The molecule has 0 radical (unpaired) electrons. The summed E-state index contributed by atoms with van der Waals surface area (Å²) in [5, 5.41) is 9.20. The predicted octanol–water partition coefficient (Wildman–Crippen LogP) is 2.69. The largest absolute Gasteiger partial charge is 0.377 e. The molecule has 1 saturated heterocycles. The van der Waals surface area contributed by atoms with E-state index in [0.717, 1.165) is 16.3 Å². The van der Waals surface area contributed by atoms with Crippen LogP contribution in [0.5, 0.6) is 0 Å². The first-order valence-corrected chi connectivity index (χ1v) is 8.71. The average Bonchev–Trinajstić information content (AvgIpc) is 3.35. The molecule has 1 aliphatic heterocycles. The van der Waals surface area contributed by atoms with E-state index < -0.39 is 0 Å². The van der Waals surface area contributed by atoms with Gasteiger partial charge in [-0.1, -0.05) is 6.07 Å². The Morgan fingerprint density at radius 3 is 3.08 bits per heavy atom. The number of carbonyl (C=O) groups excluding carboxylic acids is 1. The van der Waals surface area contributed by atoms with E-state index in [1.165, 1.54) is 0 Å². The van der Waals surface area contributed by atoms with Gasteiger partial charge in [0, 0.05) is 25.5 Å². The van der Waals surface area contributed by atoms with Gasteiger partial charge in [-0.2, -0.15) is 5.10 Å². The molecule has 0 saturated carbocycles. The highest BCUT2D eigenvalue weighted by Gasteiger charge is 2.31. The molecule has 3 aromatic heterocycles. The number of amides is 1. The minimum Gasteiger partial charge on any atom is -0.377 e. The van der Waals surface area contributed by atoms with Gasteiger partial charge in [-0.3, -0.25) is 9.89 Å². The smallest absolute Gasteiger partial charge is 0.275 e. The Balaban J connectivity index is 1.61. The third-order valence-electron chi connectivity index (χ3n) is 4.30. The lowest BCUT2D eigenvalue weighted by Crippen LogP contribution is -2.44. The molecule has 0 unspecified atom stereocenters. The molecule has 4 heterocycles. The maximum Gasteiger partial charge on any atom is 0.275 e. The minimum absolute atomic E-state index is 0.0662. The molecule has 4 rings (SSSR count). The normalized spacial score (nSPS) is 18.0. The van der Waals surface area contributed by atoms with Crippen LogP contribution in [-0.2, 0) is 11.8 Å². The topological polar surface area (TPSA) is 63.1 Å². The second-order valence-corrected chi connectivity index (χ2v) is 6.73. The average molecular weight is 342 g/mol. The van der Waals surface area contributed by atoms with E-state index in [1.807, 2.05) is 58.4 Å². The number of aromatic nitrogens is 3. The van der Waals surface area contributed by atoms with Gasteiger partial charge in [0.1, 0.15) is 0 Å². The second-order valence-electron chi connectivity index (χ2n) is 5.78. The fourth-order valence-corrected chi connectivity index (χ4v) is 3.74. The van der Waals surface area contributed by atoms with Gasteiger partial charge in [0.25, 0.3) is 5.91 Å². The summed E-state index contributed by atoms with van der Waals surface area (Å²) in [6.07, 6.45) is 1.98. The molecule has 124 valence electrons. The number of aromatic amines is 1. The molecule has 24 heavy (non-hydrogen) atoms. The van der Waals surface area contributed by atoms with E-state index in [9.17, 15) is 4.79 Å². The summed E-state index contributed by atoms with van der Waals surface area (Å²) in [6.45, 7) is 1.62. The Bertz CT molecular complexity index is 837. The Morgan fingerprint density at radius 2 is 2.33 bits per heavy atom. The van der Waals surface area contributed by atoms with Gasteiger partial charge < -0.3 is 14.2 Å². The lowest BCUT2D eigenvalue weighted by atomic mass is 10.1. The van der Waals surface area contributed by atoms with Crippen LogP contribution in [0.1, 0.15) is 22.2 Å². The molecule has 1 N–H and O–H groups in total. The van der Waals surface area contributed by atoms with Gasteiger partial charge in [-0.05, 0) is 29.6 Å². The lowest BCUT2D eigenvalue weighted by molar-refractivity contribution is -0.00494. The molecule has 1 fully saturated rings. The van der Waals surface area contributed by atoms with Crippen LogP contribution in [-0.4, -0.2) is 45.3 Å². The van der Waals surface area contributed by atoms with Crippen LogP contribution in [0.25, 0.3) is 10.6 Å². The van der Waals surface area contributed by atoms with Crippen molar-refractivity contribution < 1.29 is 9.53 Å². The number of hydrogen-bond acceptors (Lipinski definition) is 4. The zero-order chi connectivity index (χ0) is 16.5.